The summed E-state index contributed by atoms with van der Waals surface area (Å²) in [7, 11) is 0. The summed E-state index contributed by atoms with van der Waals surface area (Å²) in [4.78, 5) is 26.7. The van der Waals surface area contributed by atoms with E-state index < -0.39 is 5.41 Å². The van der Waals surface area contributed by atoms with Crippen molar-refractivity contribution in [3.8, 4) is 0 Å². The maximum absolute atomic E-state index is 13.6. The Morgan fingerprint density at radius 1 is 0.677 bits per heavy atom. The first-order valence-electron chi connectivity index (χ1n) is 10.1. The van der Waals surface area contributed by atoms with Gasteiger partial charge in [-0.25, -0.2) is 0 Å². The Hall–Kier alpha value is -4.18. The normalized spacial score (nSPS) is 13.9. The Balaban J connectivity index is 1.69. The Bertz CT molecular complexity index is 1210. The van der Waals surface area contributed by atoms with Crippen LogP contribution in [0.4, 0.5) is 11.4 Å². The average molecular weight is 404 g/mol. The fraction of sp³-hybridized carbons (Fsp3) is 0.0370. The van der Waals surface area contributed by atoms with E-state index in [-0.39, 0.29) is 11.8 Å². The molecule has 4 nitrogen and oxygen atoms in total. The summed E-state index contributed by atoms with van der Waals surface area (Å²) in [5.41, 5.74) is 3.15. The third-order valence-electron chi connectivity index (χ3n) is 5.74. The van der Waals surface area contributed by atoms with Crippen molar-refractivity contribution >= 4 is 23.2 Å². The van der Waals surface area contributed by atoms with Crippen LogP contribution in [-0.4, -0.2) is 11.8 Å². The predicted molar refractivity (Wildman–Crippen MR) is 122 cm³/mol. The largest absolute Gasteiger partial charge is 0.324 e. The number of para-hydroxylation sites is 2. The van der Waals surface area contributed by atoms with E-state index in [0.29, 0.717) is 16.9 Å². The minimum absolute atomic E-state index is 0.167. The molecule has 2 N–H and O–H groups in total. The Morgan fingerprint density at radius 3 is 1.81 bits per heavy atom. The van der Waals surface area contributed by atoms with Crippen molar-refractivity contribution < 1.29 is 9.59 Å². The molecule has 1 aliphatic heterocycles. The monoisotopic (exact) mass is 404 g/mol. The van der Waals surface area contributed by atoms with Crippen molar-refractivity contribution in [1.29, 1.82) is 0 Å². The number of hydrogen-bond acceptors (Lipinski definition) is 2. The van der Waals surface area contributed by atoms with Gasteiger partial charge in [-0.3, -0.25) is 9.59 Å². The SMILES string of the molecule is O=C(Nc1ccccc1)c1cccc2c1NC(=O)C2(c1ccccc1)c1ccccc1. The fourth-order valence-electron chi connectivity index (χ4n) is 4.35. The van der Waals surface area contributed by atoms with Gasteiger partial charge in [0.25, 0.3) is 5.91 Å². The zero-order valence-corrected chi connectivity index (χ0v) is 16.7. The molecule has 5 rings (SSSR count). The molecule has 0 spiro atoms. The zero-order chi connectivity index (χ0) is 21.3. The van der Waals surface area contributed by atoms with Crippen LogP contribution in [0.15, 0.2) is 109 Å². The second-order valence-electron chi connectivity index (χ2n) is 7.48. The van der Waals surface area contributed by atoms with Crippen LogP contribution in [0.2, 0.25) is 0 Å². The number of anilines is 2. The summed E-state index contributed by atoms with van der Waals surface area (Å²) in [5.74, 6) is -0.430. The van der Waals surface area contributed by atoms with Gasteiger partial charge in [-0.2, -0.15) is 0 Å². The number of amides is 2. The molecule has 2 amide bonds. The fourth-order valence-corrected chi connectivity index (χ4v) is 4.35. The minimum atomic E-state index is -1.03. The lowest BCUT2D eigenvalue weighted by Crippen LogP contribution is -2.36. The first-order valence-corrected chi connectivity index (χ1v) is 10.1. The molecule has 1 heterocycles. The number of fused-ring (bicyclic) bond motifs is 1. The van der Waals surface area contributed by atoms with Gasteiger partial charge in [0.05, 0.1) is 11.3 Å². The van der Waals surface area contributed by atoms with Gasteiger partial charge in [0, 0.05) is 11.3 Å². The van der Waals surface area contributed by atoms with E-state index in [0.717, 1.165) is 16.7 Å². The van der Waals surface area contributed by atoms with Crippen molar-refractivity contribution in [3.63, 3.8) is 0 Å². The minimum Gasteiger partial charge on any atom is -0.324 e. The van der Waals surface area contributed by atoms with E-state index in [4.69, 9.17) is 0 Å². The van der Waals surface area contributed by atoms with Gasteiger partial charge in [0.1, 0.15) is 5.41 Å². The first-order chi connectivity index (χ1) is 15.2. The highest BCUT2D eigenvalue weighted by molar-refractivity contribution is 6.18. The molecule has 1 aliphatic rings. The molecule has 0 saturated heterocycles. The second kappa shape index (κ2) is 7.58. The molecule has 0 saturated carbocycles. The first kappa shape index (κ1) is 18.8. The van der Waals surface area contributed by atoms with Gasteiger partial charge in [-0.1, -0.05) is 91.0 Å². The van der Waals surface area contributed by atoms with Crippen LogP contribution in [0.3, 0.4) is 0 Å². The van der Waals surface area contributed by atoms with Crippen LogP contribution in [0.25, 0.3) is 0 Å². The van der Waals surface area contributed by atoms with Crippen LogP contribution >= 0.6 is 0 Å². The Kier molecular flexibility index (Phi) is 4.60. The van der Waals surface area contributed by atoms with Gasteiger partial charge >= 0.3 is 0 Å². The van der Waals surface area contributed by atoms with E-state index in [1.54, 1.807) is 6.07 Å². The molecule has 0 bridgehead atoms. The summed E-state index contributed by atoms with van der Waals surface area (Å²) >= 11 is 0. The number of carbonyl (C=O) groups is 2. The number of nitrogens with one attached hydrogen (secondary N) is 2. The molecule has 150 valence electrons. The molecular weight excluding hydrogens is 384 g/mol. The number of benzene rings is 4. The van der Waals surface area contributed by atoms with Gasteiger partial charge in [-0.15, -0.1) is 0 Å². The van der Waals surface area contributed by atoms with Crippen LogP contribution in [0.5, 0.6) is 0 Å². The Labute approximate surface area is 180 Å². The van der Waals surface area contributed by atoms with E-state index in [2.05, 4.69) is 10.6 Å². The van der Waals surface area contributed by atoms with E-state index in [9.17, 15) is 9.59 Å². The molecule has 0 radical (unpaired) electrons. The van der Waals surface area contributed by atoms with Crippen LogP contribution in [0.1, 0.15) is 27.0 Å². The summed E-state index contributed by atoms with van der Waals surface area (Å²) in [5, 5.41) is 5.94. The van der Waals surface area contributed by atoms with Crippen molar-refractivity contribution in [2.24, 2.45) is 0 Å². The zero-order valence-electron chi connectivity index (χ0n) is 16.7. The molecule has 0 aromatic heterocycles. The molecule has 31 heavy (non-hydrogen) atoms. The topological polar surface area (TPSA) is 58.2 Å². The number of carbonyl (C=O) groups excluding carboxylic acids is 2. The van der Waals surface area contributed by atoms with Gasteiger partial charge in [0.15, 0.2) is 0 Å². The summed E-state index contributed by atoms with van der Waals surface area (Å²) in [6.45, 7) is 0. The lowest BCUT2D eigenvalue weighted by Gasteiger charge is -2.29. The standard InChI is InChI=1S/C27H20N2O2/c30-25(28-21-15-8-3-9-16-21)22-17-10-18-23-24(22)29-26(31)27(23,19-11-4-1-5-12-19)20-13-6-2-7-14-20/h1-18H,(H,28,30)(H,29,31). The van der Waals surface area contributed by atoms with Crippen molar-refractivity contribution in [3.05, 3.63) is 131 Å². The molecule has 0 aliphatic carbocycles. The molecule has 4 heteroatoms. The molecular formula is C27H20N2O2. The quantitative estimate of drug-likeness (QED) is 0.490. The lowest BCUT2D eigenvalue weighted by molar-refractivity contribution is -0.118. The lowest BCUT2D eigenvalue weighted by atomic mass is 9.70. The van der Waals surface area contributed by atoms with Crippen molar-refractivity contribution in [1.82, 2.24) is 0 Å². The summed E-state index contributed by atoms with van der Waals surface area (Å²) < 4.78 is 0. The van der Waals surface area contributed by atoms with Crippen molar-refractivity contribution in [2.75, 3.05) is 10.6 Å². The number of hydrogen-bond donors (Lipinski definition) is 2. The van der Waals surface area contributed by atoms with Crippen molar-refractivity contribution in [2.45, 2.75) is 5.41 Å². The molecule has 0 unspecified atom stereocenters. The van der Waals surface area contributed by atoms with Crippen LogP contribution in [-0.2, 0) is 10.2 Å². The van der Waals surface area contributed by atoms with E-state index >= 15 is 0 Å². The second-order valence-corrected chi connectivity index (χ2v) is 7.48. The molecule has 0 fully saturated rings. The van der Waals surface area contributed by atoms with E-state index in [1.807, 2.05) is 103 Å². The Morgan fingerprint density at radius 2 is 1.23 bits per heavy atom. The highest BCUT2D eigenvalue weighted by Gasteiger charge is 2.50. The third-order valence-corrected chi connectivity index (χ3v) is 5.74. The average Bonchev–Trinajstić information content (AvgIpc) is 3.13. The van der Waals surface area contributed by atoms with E-state index in [1.165, 1.54) is 0 Å². The highest BCUT2D eigenvalue weighted by atomic mass is 16.2. The third kappa shape index (κ3) is 3.01. The van der Waals surface area contributed by atoms with Crippen LogP contribution in [0, 0.1) is 0 Å². The predicted octanol–water partition coefficient (Wildman–Crippen LogP) is 5.23. The smallest absolute Gasteiger partial charge is 0.257 e. The van der Waals surface area contributed by atoms with Crippen LogP contribution < -0.4 is 10.6 Å². The molecule has 4 aromatic carbocycles. The highest BCUT2D eigenvalue weighted by Crippen LogP contribution is 2.48. The molecule has 0 atom stereocenters. The van der Waals surface area contributed by atoms with Gasteiger partial charge in [0.2, 0.25) is 5.91 Å². The molecule has 4 aromatic rings. The summed E-state index contributed by atoms with van der Waals surface area (Å²) in [6, 6.07) is 34.2. The summed E-state index contributed by atoms with van der Waals surface area (Å²) in [6.07, 6.45) is 0. The maximum Gasteiger partial charge on any atom is 0.257 e. The van der Waals surface area contributed by atoms with Gasteiger partial charge in [-0.05, 0) is 29.3 Å². The maximum atomic E-state index is 13.6. The van der Waals surface area contributed by atoms with Gasteiger partial charge < -0.3 is 10.6 Å². The number of rotatable bonds is 4.